The van der Waals surface area contributed by atoms with E-state index in [2.05, 4.69) is 4.99 Å². The average Bonchev–Trinajstić information content (AvgIpc) is 3.33. The zero-order valence-corrected chi connectivity index (χ0v) is 16.4. The van der Waals surface area contributed by atoms with Crippen molar-refractivity contribution in [1.82, 2.24) is 9.58 Å². The summed E-state index contributed by atoms with van der Waals surface area (Å²) < 4.78 is 1.77. The van der Waals surface area contributed by atoms with Crippen molar-refractivity contribution in [2.75, 3.05) is 13.1 Å². The van der Waals surface area contributed by atoms with Gasteiger partial charge >= 0.3 is 0 Å². The molecule has 1 aromatic heterocycles. The maximum Gasteiger partial charge on any atom is 0.270 e. The summed E-state index contributed by atoms with van der Waals surface area (Å²) >= 11 is 0. The Kier molecular flexibility index (Phi) is 5.81. The lowest BCUT2D eigenvalue weighted by atomic mass is 10.1. The van der Waals surface area contributed by atoms with Crippen LogP contribution in [0.1, 0.15) is 0 Å². The molecule has 4 rings (SSSR count). The van der Waals surface area contributed by atoms with Gasteiger partial charge in [-0.25, -0.2) is 10.8 Å². The number of nitrogens with two attached hydrogens (primary N) is 1. The second-order valence-corrected chi connectivity index (χ2v) is 6.43. The first-order valence-corrected chi connectivity index (χ1v) is 8.74. The SMILES string of the molecule is Cl.NN1CCN=C1n1c(-c2cccc([N+](=O)[O-])c2)ccc1-c1cccc([N+](=O)[O-])c1. The maximum atomic E-state index is 11.2. The molecule has 2 N–H and O–H groups in total. The van der Waals surface area contributed by atoms with Crippen molar-refractivity contribution in [2.24, 2.45) is 10.8 Å². The molecule has 0 unspecified atom stereocenters. The molecule has 154 valence electrons. The van der Waals surface area contributed by atoms with Gasteiger partial charge in [-0.1, -0.05) is 24.3 Å². The number of nitro groups is 2. The number of hydrogen-bond donors (Lipinski definition) is 1. The Hall–Kier alpha value is -3.76. The third-order valence-corrected chi connectivity index (χ3v) is 4.64. The van der Waals surface area contributed by atoms with Crippen LogP contribution in [0, 0.1) is 20.2 Å². The van der Waals surface area contributed by atoms with Crippen LogP contribution in [-0.4, -0.2) is 38.5 Å². The number of nitro benzene ring substituents is 2. The van der Waals surface area contributed by atoms with Crippen molar-refractivity contribution >= 4 is 29.7 Å². The fourth-order valence-corrected chi connectivity index (χ4v) is 3.31. The first-order valence-electron chi connectivity index (χ1n) is 8.74. The average molecular weight is 429 g/mol. The van der Waals surface area contributed by atoms with Crippen LogP contribution >= 0.6 is 12.4 Å². The first kappa shape index (κ1) is 21.0. The topological polar surface area (TPSA) is 133 Å². The minimum absolute atomic E-state index is 0. The predicted molar refractivity (Wildman–Crippen MR) is 114 cm³/mol. The van der Waals surface area contributed by atoms with Crippen LogP contribution in [0.25, 0.3) is 22.5 Å². The summed E-state index contributed by atoms with van der Waals surface area (Å²) in [6, 6.07) is 16.1. The molecule has 11 heteroatoms. The molecule has 2 heterocycles. The van der Waals surface area contributed by atoms with Crippen LogP contribution in [0.15, 0.2) is 65.7 Å². The highest BCUT2D eigenvalue weighted by atomic mass is 35.5. The Bertz CT molecular complexity index is 1080. The largest absolute Gasteiger partial charge is 0.279 e. The zero-order valence-electron chi connectivity index (χ0n) is 15.5. The molecule has 0 spiro atoms. The molecule has 0 radical (unpaired) electrons. The molecule has 0 amide bonds. The number of hydrogen-bond acceptors (Lipinski definition) is 7. The molecule has 0 fully saturated rings. The van der Waals surface area contributed by atoms with Gasteiger partial charge in [0.2, 0.25) is 5.96 Å². The van der Waals surface area contributed by atoms with Crippen molar-refractivity contribution in [1.29, 1.82) is 0 Å². The number of nitrogens with zero attached hydrogens (tertiary/aromatic N) is 5. The number of aliphatic imine (C=N–C) groups is 1. The van der Waals surface area contributed by atoms with E-state index < -0.39 is 9.85 Å². The molecule has 3 aromatic rings. The van der Waals surface area contributed by atoms with Gasteiger partial charge in [0, 0.05) is 35.4 Å². The molecular weight excluding hydrogens is 412 g/mol. The molecule has 10 nitrogen and oxygen atoms in total. The third kappa shape index (κ3) is 3.73. The highest BCUT2D eigenvalue weighted by Gasteiger charge is 2.23. The number of halogens is 1. The summed E-state index contributed by atoms with van der Waals surface area (Å²) in [6.45, 7) is 1.03. The Balaban J connectivity index is 0.00000256. The number of non-ortho nitro benzene ring substituents is 2. The van der Waals surface area contributed by atoms with Gasteiger partial charge in [0.1, 0.15) is 0 Å². The Morgan fingerprint density at radius 1 is 0.867 bits per heavy atom. The van der Waals surface area contributed by atoms with Crippen molar-refractivity contribution in [3.05, 3.63) is 80.9 Å². The van der Waals surface area contributed by atoms with Crippen molar-refractivity contribution in [3.8, 4) is 22.5 Å². The van der Waals surface area contributed by atoms with E-state index in [1.54, 1.807) is 41.0 Å². The van der Waals surface area contributed by atoms with Crippen molar-refractivity contribution in [2.45, 2.75) is 0 Å². The normalized spacial score (nSPS) is 13.0. The van der Waals surface area contributed by atoms with Crippen LogP contribution in [0.4, 0.5) is 11.4 Å². The van der Waals surface area contributed by atoms with Gasteiger partial charge < -0.3 is 0 Å². The lowest BCUT2D eigenvalue weighted by molar-refractivity contribution is -0.385. The van der Waals surface area contributed by atoms with E-state index in [4.69, 9.17) is 5.84 Å². The Morgan fingerprint density at radius 3 is 1.77 bits per heavy atom. The van der Waals surface area contributed by atoms with E-state index in [0.29, 0.717) is 41.6 Å². The molecule has 0 bridgehead atoms. The van der Waals surface area contributed by atoms with E-state index >= 15 is 0 Å². The van der Waals surface area contributed by atoms with Gasteiger partial charge in [0.15, 0.2) is 0 Å². The monoisotopic (exact) mass is 428 g/mol. The lowest BCUT2D eigenvalue weighted by Crippen LogP contribution is -2.39. The fourth-order valence-electron chi connectivity index (χ4n) is 3.31. The van der Waals surface area contributed by atoms with E-state index in [1.165, 1.54) is 29.3 Å². The van der Waals surface area contributed by atoms with Crippen LogP contribution in [0.5, 0.6) is 0 Å². The Morgan fingerprint density at radius 2 is 1.37 bits per heavy atom. The number of benzene rings is 2. The summed E-state index contributed by atoms with van der Waals surface area (Å²) in [5.41, 5.74) is 2.44. The van der Waals surface area contributed by atoms with E-state index in [0.717, 1.165) is 0 Å². The maximum absolute atomic E-state index is 11.2. The fraction of sp³-hybridized carbons (Fsp3) is 0.105. The quantitative estimate of drug-likeness (QED) is 0.384. The van der Waals surface area contributed by atoms with Crippen molar-refractivity contribution in [3.63, 3.8) is 0 Å². The summed E-state index contributed by atoms with van der Waals surface area (Å²) in [6.07, 6.45) is 0. The van der Waals surface area contributed by atoms with Gasteiger partial charge in [-0.15, -0.1) is 12.4 Å². The molecule has 0 saturated carbocycles. The molecule has 30 heavy (non-hydrogen) atoms. The minimum Gasteiger partial charge on any atom is -0.279 e. The van der Waals surface area contributed by atoms with Gasteiger partial charge in [-0.2, -0.15) is 0 Å². The molecule has 1 aliphatic heterocycles. The van der Waals surface area contributed by atoms with Crippen LogP contribution < -0.4 is 5.84 Å². The number of aromatic nitrogens is 1. The van der Waals surface area contributed by atoms with Crippen LogP contribution in [-0.2, 0) is 0 Å². The first-order chi connectivity index (χ1) is 14.0. The minimum atomic E-state index is -0.458. The molecule has 0 atom stereocenters. The summed E-state index contributed by atoms with van der Waals surface area (Å²) in [4.78, 5) is 25.9. The van der Waals surface area contributed by atoms with Crippen molar-refractivity contribution < 1.29 is 9.85 Å². The highest BCUT2D eigenvalue weighted by molar-refractivity contribution is 5.93. The van der Waals surface area contributed by atoms with Gasteiger partial charge in [0.25, 0.3) is 11.4 Å². The van der Waals surface area contributed by atoms with Crippen LogP contribution in [0.2, 0.25) is 0 Å². The second kappa shape index (κ2) is 8.31. The van der Waals surface area contributed by atoms with Gasteiger partial charge in [-0.05, 0) is 12.1 Å². The molecular formula is C19H17ClN6O4. The zero-order chi connectivity index (χ0) is 20.5. The molecule has 0 saturated heterocycles. The van der Waals surface area contributed by atoms with Crippen LogP contribution in [0.3, 0.4) is 0 Å². The van der Waals surface area contributed by atoms with Gasteiger partial charge in [0.05, 0.1) is 34.3 Å². The Labute approximate surface area is 176 Å². The molecule has 0 aliphatic carbocycles. The predicted octanol–water partition coefficient (Wildman–Crippen LogP) is 3.45. The standard InChI is InChI=1S/C19H16N6O4.ClH/c20-22-10-9-21-19(22)23-17(13-3-1-5-15(11-13)24(26)27)7-8-18(23)14-4-2-6-16(12-14)25(28)29;/h1-8,11-12H,9-10,20H2;1H. The highest BCUT2D eigenvalue weighted by Crippen LogP contribution is 2.32. The lowest BCUT2D eigenvalue weighted by Gasteiger charge is -2.19. The number of rotatable bonds is 4. The van der Waals surface area contributed by atoms with E-state index in [9.17, 15) is 20.2 Å². The molecule has 2 aromatic carbocycles. The second-order valence-electron chi connectivity index (χ2n) is 6.43. The third-order valence-electron chi connectivity index (χ3n) is 4.64. The summed E-state index contributed by atoms with van der Waals surface area (Å²) in [5.74, 6) is 6.56. The number of hydrazine groups is 1. The smallest absolute Gasteiger partial charge is 0.270 e. The van der Waals surface area contributed by atoms with E-state index in [1.807, 2.05) is 0 Å². The summed E-state index contributed by atoms with van der Waals surface area (Å²) in [5, 5.41) is 23.9. The molecule has 1 aliphatic rings. The summed E-state index contributed by atoms with van der Waals surface area (Å²) in [7, 11) is 0. The van der Waals surface area contributed by atoms with E-state index in [-0.39, 0.29) is 23.8 Å². The van der Waals surface area contributed by atoms with Gasteiger partial charge in [-0.3, -0.25) is 29.8 Å².